The molecule has 0 aliphatic heterocycles. The van der Waals surface area contributed by atoms with Gasteiger partial charge in [0.15, 0.2) is 0 Å². The summed E-state index contributed by atoms with van der Waals surface area (Å²) in [5.41, 5.74) is 2.87. The maximum absolute atomic E-state index is 4.05. The lowest BCUT2D eigenvalue weighted by Gasteiger charge is -2.20. The molecule has 0 fully saturated rings. The van der Waals surface area contributed by atoms with Crippen molar-refractivity contribution in [2.75, 3.05) is 0 Å². The van der Waals surface area contributed by atoms with Crippen LogP contribution in [0.4, 0.5) is 0 Å². The molecule has 0 amide bonds. The van der Waals surface area contributed by atoms with E-state index in [-0.39, 0.29) is 11.1 Å². The summed E-state index contributed by atoms with van der Waals surface area (Å²) >= 11 is 0. The molecule has 0 radical (unpaired) electrons. The Labute approximate surface area is 147 Å². The molecular weight excluding hydrogens is 296 g/mol. The number of rotatable bonds is 4. The molecule has 0 aromatic carbocycles. The summed E-state index contributed by atoms with van der Waals surface area (Å²) in [6, 6.07) is 8.09. The van der Waals surface area contributed by atoms with Crippen molar-refractivity contribution < 1.29 is 0 Å². The number of pyridine rings is 2. The van der Waals surface area contributed by atoms with Crippen LogP contribution in [0.1, 0.15) is 52.7 Å². The summed E-state index contributed by atoms with van der Waals surface area (Å²) in [6.07, 6.45) is 7.32. The first-order chi connectivity index (χ1) is 11.2. The summed E-state index contributed by atoms with van der Waals surface area (Å²) in [5, 5.41) is 6.81. The Hall–Kier alpha value is -1.78. The highest BCUT2D eigenvalue weighted by molar-refractivity contribution is 5.09. The lowest BCUT2D eigenvalue weighted by molar-refractivity contribution is 0.424. The average Bonchev–Trinajstić information content (AvgIpc) is 2.52. The molecule has 132 valence electrons. The predicted octanol–water partition coefficient (Wildman–Crippen LogP) is 3.94. The van der Waals surface area contributed by atoms with E-state index < -0.39 is 0 Å². The van der Waals surface area contributed by atoms with Crippen molar-refractivity contribution in [3.8, 4) is 0 Å². The van der Waals surface area contributed by atoms with Crippen molar-refractivity contribution in [2.45, 2.75) is 65.7 Å². The molecule has 0 atom stereocenters. The molecule has 0 bridgehead atoms. The van der Waals surface area contributed by atoms with E-state index in [1.165, 1.54) is 11.1 Å². The quantitative estimate of drug-likeness (QED) is 0.892. The SMILES string of the molecule is CC(C)(C)NCc1cccnc1.CC(C)(C)NCc1ccncc1. The molecule has 2 aromatic rings. The largest absolute Gasteiger partial charge is 0.308 e. The Bertz CT molecular complexity index is 500. The minimum Gasteiger partial charge on any atom is -0.308 e. The van der Waals surface area contributed by atoms with Crippen LogP contribution in [0, 0.1) is 0 Å². The molecule has 2 aromatic heterocycles. The molecule has 0 saturated heterocycles. The van der Waals surface area contributed by atoms with Crippen molar-refractivity contribution in [1.82, 2.24) is 20.6 Å². The standard InChI is InChI=1S/2C10H16N2/c1-10(2,3)12-8-9-4-6-11-7-5-9;1-10(2,3)12-8-9-5-4-6-11-7-9/h2*4-7,12H,8H2,1-3H3. The third-order valence-electron chi connectivity index (χ3n) is 3.12. The van der Waals surface area contributed by atoms with Gasteiger partial charge in [-0.25, -0.2) is 0 Å². The number of nitrogens with one attached hydrogen (secondary N) is 2. The second kappa shape index (κ2) is 9.50. The zero-order valence-electron chi connectivity index (χ0n) is 15.9. The first-order valence-electron chi connectivity index (χ1n) is 8.44. The molecule has 0 aliphatic carbocycles. The van der Waals surface area contributed by atoms with Crippen LogP contribution in [0.3, 0.4) is 0 Å². The summed E-state index contributed by atoms with van der Waals surface area (Å²) in [5.74, 6) is 0. The van der Waals surface area contributed by atoms with E-state index in [9.17, 15) is 0 Å². The number of nitrogens with zero attached hydrogens (tertiary/aromatic N) is 2. The van der Waals surface area contributed by atoms with Crippen LogP contribution in [-0.2, 0) is 13.1 Å². The van der Waals surface area contributed by atoms with Crippen LogP contribution in [-0.4, -0.2) is 21.0 Å². The highest BCUT2D eigenvalue weighted by atomic mass is 14.9. The van der Waals surface area contributed by atoms with Gasteiger partial charge in [0.1, 0.15) is 0 Å². The van der Waals surface area contributed by atoms with Gasteiger partial charge in [-0.15, -0.1) is 0 Å². The average molecular weight is 329 g/mol. The normalized spacial score (nSPS) is 11.6. The van der Waals surface area contributed by atoms with Crippen molar-refractivity contribution in [3.63, 3.8) is 0 Å². The zero-order chi connectivity index (χ0) is 18.1. The van der Waals surface area contributed by atoms with Gasteiger partial charge in [-0.3, -0.25) is 9.97 Å². The first kappa shape index (κ1) is 20.3. The van der Waals surface area contributed by atoms with Crippen molar-refractivity contribution in [3.05, 3.63) is 60.2 Å². The Morgan fingerprint density at radius 2 is 1.25 bits per heavy atom. The summed E-state index contributed by atoms with van der Waals surface area (Å²) in [4.78, 5) is 8.01. The van der Waals surface area contributed by atoms with Crippen molar-refractivity contribution >= 4 is 0 Å². The van der Waals surface area contributed by atoms with Crippen LogP contribution in [0.15, 0.2) is 49.1 Å². The highest BCUT2D eigenvalue weighted by Gasteiger charge is 2.08. The molecule has 0 aliphatic rings. The highest BCUT2D eigenvalue weighted by Crippen LogP contribution is 2.03. The fourth-order valence-corrected chi connectivity index (χ4v) is 1.74. The molecule has 0 spiro atoms. The zero-order valence-corrected chi connectivity index (χ0v) is 15.9. The van der Waals surface area contributed by atoms with Gasteiger partial charge >= 0.3 is 0 Å². The molecule has 4 nitrogen and oxygen atoms in total. The van der Waals surface area contributed by atoms with Gasteiger partial charge < -0.3 is 10.6 Å². The summed E-state index contributed by atoms with van der Waals surface area (Å²) in [7, 11) is 0. The van der Waals surface area contributed by atoms with Gasteiger partial charge in [-0.1, -0.05) is 6.07 Å². The Kier molecular flexibility index (Phi) is 8.02. The maximum Gasteiger partial charge on any atom is 0.0312 e. The minimum absolute atomic E-state index is 0.176. The van der Waals surface area contributed by atoms with E-state index >= 15 is 0 Å². The van der Waals surface area contributed by atoms with E-state index in [2.05, 4.69) is 68.2 Å². The molecule has 0 saturated carbocycles. The number of hydrogen-bond donors (Lipinski definition) is 2. The molecule has 2 N–H and O–H groups in total. The topological polar surface area (TPSA) is 49.8 Å². The maximum atomic E-state index is 4.05. The monoisotopic (exact) mass is 328 g/mol. The first-order valence-corrected chi connectivity index (χ1v) is 8.44. The van der Waals surface area contributed by atoms with Crippen LogP contribution in [0.25, 0.3) is 0 Å². The Morgan fingerprint density at radius 3 is 1.71 bits per heavy atom. The van der Waals surface area contributed by atoms with E-state index in [0.717, 1.165) is 13.1 Å². The van der Waals surface area contributed by atoms with Crippen LogP contribution in [0.2, 0.25) is 0 Å². The van der Waals surface area contributed by atoms with Crippen molar-refractivity contribution in [2.24, 2.45) is 0 Å². The molecule has 4 heteroatoms. The second-order valence-corrected chi connectivity index (χ2v) is 7.92. The van der Waals surface area contributed by atoms with Crippen LogP contribution < -0.4 is 10.6 Å². The minimum atomic E-state index is 0.176. The summed E-state index contributed by atoms with van der Waals surface area (Å²) < 4.78 is 0. The number of hydrogen-bond acceptors (Lipinski definition) is 4. The smallest absolute Gasteiger partial charge is 0.0312 e. The molecule has 0 unspecified atom stereocenters. The molecule has 24 heavy (non-hydrogen) atoms. The summed E-state index contributed by atoms with van der Waals surface area (Å²) in [6.45, 7) is 14.7. The van der Waals surface area contributed by atoms with Crippen molar-refractivity contribution in [1.29, 1.82) is 0 Å². The van der Waals surface area contributed by atoms with Gasteiger partial charge in [0.25, 0.3) is 0 Å². The second-order valence-electron chi connectivity index (χ2n) is 7.92. The van der Waals surface area contributed by atoms with Gasteiger partial charge in [0, 0.05) is 49.0 Å². The molecule has 2 rings (SSSR count). The molecular formula is C20H32N4. The Morgan fingerprint density at radius 1 is 0.708 bits per heavy atom. The van der Waals surface area contributed by atoms with E-state index in [0.29, 0.717) is 0 Å². The lowest BCUT2D eigenvalue weighted by atomic mass is 10.1. The fourth-order valence-electron chi connectivity index (χ4n) is 1.74. The van der Waals surface area contributed by atoms with Gasteiger partial charge in [-0.05, 0) is 70.9 Å². The van der Waals surface area contributed by atoms with E-state index in [1.807, 2.05) is 36.8 Å². The van der Waals surface area contributed by atoms with Gasteiger partial charge in [-0.2, -0.15) is 0 Å². The van der Waals surface area contributed by atoms with Crippen LogP contribution >= 0.6 is 0 Å². The number of aromatic nitrogens is 2. The predicted molar refractivity (Wildman–Crippen MR) is 102 cm³/mol. The van der Waals surface area contributed by atoms with E-state index in [1.54, 1.807) is 6.20 Å². The third kappa shape index (κ3) is 10.9. The van der Waals surface area contributed by atoms with Crippen LogP contribution in [0.5, 0.6) is 0 Å². The van der Waals surface area contributed by atoms with E-state index in [4.69, 9.17) is 0 Å². The molecule has 2 heterocycles. The van der Waals surface area contributed by atoms with Gasteiger partial charge in [0.05, 0.1) is 0 Å². The lowest BCUT2D eigenvalue weighted by Crippen LogP contribution is -2.35. The van der Waals surface area contributed by atoms with Gasteiger partial charge in [0.2, 0.25) is 0 Å². The Balaban J connectivity index is 0.000000240. The third-order valence-corrected chi connectivity index (χ3v) is 3.12. The fraction of sp³-hybridized carbons (Fsp3) is 0.500.